The van der Waals surface area contributed by atoms with E-state index in [1.807, 2.05) is 10.7 Å². The Bertz CT molecular complexity index is 838. The number of nitrogens with one attached hydrogen (secondary N) is 1. The zero-order chi connectivity index (χ0) is 16.4. The maximum absolute atomic E-state index is 12.2. The summed E-state index contributed by atoms with van der Waals surface area (Å²) < 4.78 is 3.41. The molecular weight excluding hydrogens is 304 g/mol. The van der Waals surface area contributed by atoms with Crippen LogP contribution in [0.15, 0.2) is 48.9 Å². The Kier molecular flexibility index (Phi) is 3.82. The number of benzene rings is 1. The van der Waals surface area contributed by atoms with Crippen molar-refractivity contribution in [1.29, 1.82) is 0 Å². The van der Waals surface area contributed by atoms with E-state index in [-0.39, 0.29) is 18.5 Å². The molecule has 0 aliphatic heterocycles. The number of fused-ring (bicyclic) bond motifs is 1. The fourth-order valence-electron chi connectivity index (χ4n) is 3.29. The standard InChI is InChI=1S/C17H18N6O/c24-17(12-22-11-10-18-21-22)20-16-8-9-19-23(16)15-7-3-5-13-4-1-2-6-14(13)15/h1-2,4,6,8-11,15H,3,5,7,12H2,(H,20,24)/t15-/m1/s1. The van der Waals surface area contributed by atoms with Crippen molar-refractivity contribution in [2.75, 3.05) is 5.32 Å². The van der Waals surface area contributed by atoms with Crippen molar-refractivity contribution < 1.29 is 4.79 Å². The van der Waals surface area contributed by atoms with Gasteiger partial charge in [0.2, 0.25) is 5.91 Å². The van der Waals surface area contributed by atoms with Gasteiger partial charge in [0.15, 0.2) is 0 Å². The average molecular weight is 322 g/mol. The Balaban J connectivity index is 1.56. The molecule has 2 heterocycles. The van der Waals surface area contributed by atoms with Gasteiger partial charge in [-0.15, -0.1) is 5.10 Å². The highest BCUT2D eigenvalue weighted by atomic mass is 16.2. The first-order chi connectivity index (χ1) is 11.8. The lowest BCUT2D eigenvalue weighted by Gasteiger charge is -2.27. The number of carbonyl (C=O) groups is 1. The second-order valence-electron chi connectivity index (χ2n) is 5.92. The Morgan fingerprint density at radius 2 is 2.17 bits per heavy atom. The first-order valence-corrected chi connectivity index (χ1v) is 8.06. The van der Waals surface area contributed by atoms with E-state index in [1.165, 1.54) is 15.8 Å². The van der Waals surface area contributed by atoms with Gasteiger partial charge in [-0.1, -0.05) is 29.5 Å². The molecule has 7 heteroatoms. The molecule has 2 aromatic heterocycles. The van der Waals surface area contributed by atoms with Gasteiger partial charge in [-0.05, 0) is 30.4 Å². The highest BCUT2D eigenvalue weighted by molar-refractivity contribution is 5.89. The van der Waals surface area contributed by atoms with Gasteiger partial charge < -0.3 is 5.32 Å². The van der Waals surface area contributed by atoms with E-state index < -0.39 is 0 Å². The van der Waals surface area contributed by atoms with Gasteiger partial charge in [0.25, 0.3) is 0 Å². The molecule has 1 aromatic carbocycles. The Morgan fingerprint density at radius 1 is 1.25 bits per heavy atom. The second kappa shape index (κ2) is 6.27. The van der Waals surface area contributed by atoms with Gasteiger partial charge in [-0.25, -0.2) is 9.36 Å². The molecule has 0 fully saturated rings. The van der Waals surface area contributed by atoms with Crippen LogP contribution in [0, 0.1) is 0 Å². The van der Waals surface area contributed by atoms with Crippen LogP contribution >= 0.6 is 0 Å². The number of aryl methyl sites for hydroxylation is 1. The Hall–Kier alpha value is -2.96. The van der Waals surface area contributed by atoms with Gasteiger partial charge in [0.05, 0.1) is 18.4 Å². The van der Waals surface area contributed by atoms with Crippen molar-refractivity contribution in [2.45, 2.75) is 31.8 Å². The zero-order valence-electron chi connectivity index (χ0n) is 13.2. The van der Waals surface area contributed by atoms with Crippen LogP contribution in [-0.2, 0) is 17.8 Å². The van der Waals surface area contributed by atoms with Crippen molar-refractivity contribution in [2.24, 2.45) is 0 Å². The highest BCUT2D eigenvalue weighted by Crippen LogP contribution is 2.34. The third-order valence-corrected chi connectivity index (χ3v) is 4.35. The maximum atomic E-state index is 12.2. The van der Waals surface area contributed by atoms with Crippen LogP contribution in [0.3, 0.4) is 0 Å². The summed E-state index contributed by atoms with van der Waals surface area (Å²) in [4.78, 5) is 12.2. The summed E-state index contributed by atoms with van der Waals surface area (Å²) >= 11 is 0. The van der Waals surface area contributed by atoms with Crippen LogP contribution in [0.5, 0.6) is 0 Å². The molecule has 1 atom stereocenters. The number of amides is 1. The lowest BCUT2D eigenvalue weighted by Crippen LogP contribution is -2.24. The van der Waals surface area contributed by atoms with E-state index >= 15 is 0 Å². The molecule has 1 N–H and O–H groups in total. The number of aromatic nitrogens is 5. The molecule has 1 amide bonds. The number of carbonyl (C=O) groups excluding carboxylic acids is 1. The highest BCUT2D eigenvalue weighted by Gasteiger charge is 2.24. The number of anilines is 1. The summed E-state index contributed by atoms with van der Waals surface area (Å²) in [6, 6.07) is 10.5. The molecule has 4 rings (SSSR count). The van der Waals surface area contributed by atoms with Gasteiger partial charge in [0.1, 0.15) is 12.4 Å². The molecule has 1 aliphatic carbocycles. The fourth-order valence-corrected chi connectivity index (χ4v) is 3.29. The lowest BCUT2D eigenvalue weighted by molar-refractivity contribution is -0.117. The van der Waals surface area contributed by atoms with Gasteiger partial charge in [0, 0.05) is 12.3 Å². The summed E-state index contributed by atoms with van der Waals surface area (Å²) in [6.07, 6.45) is 8.17. The molecular formula is C17H18N6O. The molecule has 7 nitrogen and oxygen atoms in total. The number of hydrogen-bond acceptors (Lipinski definition) is 4. The van der Waals surface area contributed by atoms with E-state index in [1.54, 1.807) is 18.6 Å². The summed E-state index contributed by atoms with van der Waals surface area (Å²) in [5.41, 5.74) is 2.66. The lowest BCUT2D eigenvalue weighted by atomic mass is 9.88. The monoisotopic (exact) mass is 322 g/mol. The molecule has 0 bridgehead atoms. The van der Waals surface area contributed by atoms with Crippen molar-refractivity contribution in [3.8, 4) is 0 Å². The van der Waals surface area contributed by atoms with Crippen molar-refractivity contribution in [3.63, 3.8) is 0 Å². The molecule has 0 saturated carbocycles. The first-order valence-electron chi connectivity index (χ1n) is 8.06. The van der Waals surface area contributed by atoms with E-state index in [4.69, 9.17) is 0 Å². The zero-order valence-corrected chi connectivity index (χ0v) is 13.2. The minimum Gasteiger partial charge on any atom is -0.309 e. The molecule has 3 aromatic rings. The minimum atomic E-state index is -0.147. The molecule has 24 heavy (non-hydrogen) atoms. The molecule has 0 unspecified atom stereocenters. The topological polar surface area (TPSA) is 77.6 Å². The predicted molar refractivity (Wildman–Crippen MR) is 88.4 cm³/mol. The average Bonchev–Trinajstić information content (AvgIpc) is 3.26. The largest absolute Gasteiger partial charge is 0.309 e. The van der Waals surface area contributed by atoms with E-state index in [2.05, 4.69) is 45.0 Å². The first kappa shape index (κ1) is 14.6. The quantitative estimate of drug-likeness (QED) is 0.797. The second-order valence-corrected chi connectivity index (χ2v) is 5.92. The van der Waals surface area contributed by atoms with Gasteiger partial charge in [-0.3, -0.25) is 4.79 Å². The van der Waals surface area contributed by atoms with E-state index in [0.717, 1.165) is 19.3 Å². The van der Waals surface area contributed by atoms with Gasteiger partial charge in [-0.2, -0.15) is 5.10 Å². The third-order valence-electron chi connectivity index (χ3n) is 4.35. The number of hydrogen-bond donors (Lipinski definition) is 1. The number of nitrogens with zero attached hydrogens (tertiary/aromatic N) is 5. The smallest absolute Gasteiger partial charge is 0.247 e. The van der Waals surface area contributed by atoms with Crippen molar-refractivity contribution in [1.82, 2.24) is 24.8 Å². The fraction of sp³-hybridized carbons (Fsp3) is 0.294. The van der Waals surface area contributed by atoms with Crippen molar-refractivity contribution in [3.05, 3.63) is 60.0 Å². The normalized spacial score (nSPS) is 16.6. The predicted octanol–water partition coefficient (Wildman–Crippen LogP) is 2.04. The Labute approximate surface area is 139 Å². The molecule has 0 saturated heterocycles. The summed E-state index contributed by atoms with van der Waals surface area (Å²) in [7, 11) is 0. The Morgan fingerprint density at radius 3 is 3.04 bits per heavy atom. The molecule has 1 aliphatic rings. The van der Waals surface area contributed by atoms with Crippen LogP contribution < -0.4 is 5.32 Å². The third kappa shape index (κ3) is 2.80. The molecule has 0 spiro atoms. The number of rotatable bonds is 4. The summed E-state index contributed by atoms with van der Waals surface area (Å²) in [6.45, 7) is 0.131. The SMILES string of the molecule is O=C(Cn1ccnn1)Nc1ccnn1[C@@H]1CCCc2ccccc21. The minimum absolute atomic E-state index is 0.131. The van der Waals surface area contributed by atoms with Crippen LogP contribution in [-0.4, -0.2) is 30.7 Å². The summed E-state index contributed by atoms with van der Waals surface area (Å²) in [5, 5.41) is 14.9. The van der Waals surface area contributed by atoms with Crippen LogP contribution in [0.25, 0.3) is 0 Å². The van der Waals surface area contributed by atoms with E-state index in [9.17, 15) is 4.79 Å². The van der Waals surface area contributed by atoms with Crippen LogP contribution in [0.2, 0.25) is 0 Å². The van der Waals surface area contributed by atoms with Gasteiger partial charge >= 0.3 is 0 Å². The van der Waals surface area contributed by atoms with Crippen LogP contribution in [0.1, 0.15) is 30.0 Å². The molecule has 0 radical (unpaired) electrons. The summed E-state index contributed by atoms with van der Waals surface area (Å²) in [5.74, 6) is 0.563. The van der Waals surface area contributed by atoms with Crippen molar-refractivity contribution >= 4 is 11.7 Å². The van der Waals surface area contributed by atoms with Crippen LogP contribution in [0.4, 0.5) is 5.82 Å². The molecule has 122 valence electrons. The maximum Gasteiger partial charge on any atom is 0.247 e. The van der Waals surface area contributed by atoms with E-state index in [0.29, 0.717) is 5.82 Å².